The van der Waals surface area contributed by atoms with Crippen LogP contribution < -0.4 is 5.32 Å². The van der Waals surface area contributed by atoms with Crippen LogP contribution in [0.3, 0.4) is 0 Å². The van der Waals surface area contributed by atoms with E-state index in [-0.39, 0.29) is 0 Å². The van der Waals surface area contributed by atoms with Gasteiger partial charge in [0.2, 0.25) is 0 Å². The van der Waals surface area contributed by atoms with Crippen molar-refractivity contribution >= 4 is 0 Å². The van der Waals surface area contributed by atoms with Gasteiger partial charge in [0.1, 0.15) is 0 Å². The predicted molar refractivity (Wildman–Crippen MR) is 88.3 cm³/mol. The van der Waals surface area contributed by atoms with Crippen molar-refractivity contribution in [3.63, 3.8) is 0 Å². The van der Waals surface area contributed by atoms with Gasteiger partial charge in [-0.25, -0.2) is 0 Å². The fraction of sp³-hybridized carbons (Fsp3) is 0.700. The number of rotatable bonds is 3. The average molecular weight is 283 g/mol. The van der Waals surface area contributed by atoms with E-state index in [1.165, 1.54) is 55.2 Å². The monoisotopic (exact) mass is 283 g/mol. The second-order valence-electron chi connectivity index (χ2n) is 8.42. The van der Waals surface area contributed by atoms with Gasteiger partial charge in [0, 0.05) is 6.04 Å². The van der Waals surface area contributed by atoms with E-state index in [4.69, 9.17) is 0 Å². The lowest BCUT2D eigenvalue weighted by Crippen LogP contribution is -2.51. The van der Waals surface area contributed by atoms with Crippen LogP contribution in [0.25, 0.3) is 0 Å². The smallest absolute Gasteiger partial charge is 0.0375 e. The minimum absolute atomic E-state index is 0.545. The van der Waals surface area contributed by atoms with Crippen molar-refractivity contribution < 1.29 is 0 Å². The second-order valence-corrected chi connectivity index (χ2v) is 8.42. The standard InChI is InChI=1S/C20H29N/c1-13-4-14(2)6-18(5-13)19(21-3)20-10-15-7-16(11-20)9-17(8-15)12-20/h4-6,15-17,19,21H,7-12H2,1-3H3. The van der Waals surface area contributed by atoms with E-state index in [0.717, 1.165) is 17.8 Å². The molecule has 21 heavy (non-hydrogen) atoms. The van der Waals surface area contributed by atoms with Crippen LogP contribution in [0.2, 0.25) is 0 Å². The highest BCUT2D eigenvalue weighted by Gasteiger charge is 2.54. The molecule has 1 atom stereocenters. The van der Waals surface area contributed by atoms with Crippen LogP contribution >= 0.6 is 0 Å². The molecule has 4 fully saturated rings. The van der Waals surface area contributed by atoms with E-state index in [1.807, 2.05) is 0 Å². The summed E-state index contributed by atoms with van der Waals surface area (Å²) in [6.45, 7) is 4.48. The van der Waals surface area contributed by atoms with E-state index in [2.05, 4.69) is 44.4 Å². The molecule has 1 unspecified atom stereocenters. The number of benzene rings is 1. The Morgan fingerprint density at radius 2 is 1.38 bits per heavy atom. The van der Waals surface area contributed by atoms with Crippen LogP contribution in [0.1, 0.15) is 61.3 Å². The molecule has 5 rings (SSSR count). The summed E-state index contributed by atoms with van der Waals surface area (Å²) in [6.07, 6.45) is 9.00. The quantitative estimate of drug-likeness (QED) is 0.841. The zero-order chi connectivity index (χ0) is 14.6. The van der Waals surface area contributed by atoms with E-state index in [9.17, 15) is 0 Å². The van der Waals surface area contributed by atoms with Crippen molar-refractivity contribution in [2.24, 2.45) is 23.2 Å². The van der Waals surface area contributed by atoms with Gasteiger partial charge in [0.25, 0.3) is 0 Å². The summed E-state index contributed by atoms with van der Waals surface area (Å²) in [5.74, 6) is 3.08. The van der Waals surface area contributed by atoms with E-state index >= 15 is 0 Å². The maximum Gasteiger partial charge on any atom is 0.0375 e. The molecule has 0 amide bonds. The third kappa shape index (κ3) is 2.25. The van der Waals surface area contributed by atoms with Gasteiger partial charge in [-0.05, 0) is 88.2 Å². The number of nitrogens with one attached hydrogen (secondary N) is 1. The number of hydrogen-bond donors (Lipinski definition) is 1. The summed E-state index contributed by atoms with van der Waals surface area (Å²) in [5, 5.41) is 3.73. The van der Waals surface area contributed by atoms with Crippen LogP contribution in [0.15, 0.2) is 18.2 Å². The van der Waals surface area contributed by atoms with Gasteiger partial charge in [-0.15, -0.1) is 0 Å². The molecule has 0 spiro atoms. The summed E-state index contributed by atoms with van der Waals surface area (Å²) >= 11 is 0. The average Bonchev–Trinajstić information content (AvgIpc) is 2.36. The molecule has 114 valence electrons. The lowest BCUT2D eigenvalue weighted by Gasteiger charge is -2.59. The third-order valence-corrected chi connectivity index (χ3v) is 6.56. The fourth-order valence-electron chi connectivity index (χ4n) is 6.53. The Morgan fingerprint density at radius 1 is 0.905 bits per heavy atom. The van der Waals surface area contributed by atoms with E-state index < -0.39 is 0 Å². The van der Waals surface area contributed by atoms with Gasteiger partial charge < -0.3 is 5.32 Å². The summed E-state index contributed by atoms with van der Waals surface area (Å²) in [6, 6.07) is 7.71. The molecule has 0 saturated heterocycles. The Morgan fingerprint density at radius 3 is 1.81 bits per heavy atom. The Bertz CT molecular complexity index is 489. The normalized spacial score (nSPS) is 38.7. The Labute approximate surface area is 129 Å². The third-order valence-electron chi connectivity index (χ3n) is 6.56. The highest BCUT2D eigenvalue weighted by atomic mass is 14.9. The van der Waals surface area contributed by atoms with Crippen LogP contribution in [0.4, 0.5) is 0 Å². The minimum Gasteiger partial charge on any atom is -0.313 e. The first-order chi connectivity index (χ1) is 10.1. The van der Waals surface area contributed by atoms with Crippen molar-refractivity contribution in [3.05, 3.63) is 34.9 Å². The van der Waals surface area contributed by atoms with Gasteiger partial charge >= 0.3 is 0 Å². The molecule has 4 aliphatic rings. The van der Waals surface area contributed by atoms with Gasteiger partial charge in [0.15, 0.2) is 0 Å². The lowest BCUT2D eigenvalue weighted by molar-refractivity contribution is -0.0736. The first kappa shape index (κ1) is 13.8. The topological polar surface area (TPSA) is 12.0 Å². The molecule has 4 saturated carbocycles. The van der Waals surface area contributed by atoms with Crippen LogP contribution in [0, 0.1) is 37.0 Å². The first-order valence-corrected chi connectivity index (χ1v) is 8.83. The van der Waals surface area contributed by atoms with Crippen molar-refractivity contribution in [1.82, 2.24) is 5.32 Å². The number of hydrogen-bond acceptors (Lipinski definition) is 1. The molecule has 4 bridgehead atoms. The maximum atomic E-state index is 3.73. The van der Waals surface area contributed by atoms with Gasteiger partial charge in [-0.3, -0.25) is 0 Å². The van der Waals surface area contributed by atoms with Gasteiger partial charge in [0.05, 0.1) is 0 Å². The maximum absolute atomic E-state index is 3.73. The van der Waals surface area contributed by atoms with Crippen LogP contribution in [-0.2, 0) is 0 Å². The van der Waals surface area contributed by atoms with E-state index in [0.29, 0.717) is 11.5 Å². The minimum atomic E-state index is 0.545. The highest BCUT2D eigenvalue weighted by Crippen LogP contribution is 2.64. The Hall–Kier alpha value is -0.820. The molecule has 1 nitrogen and oxygen atoms in total. The zero-order valence-electron chi connectivity index (χ0n) is 13.8. The summed E-state index contributed by atoms with van der Waals surface area (Å²) in [4.78, 5) is 0. The zero-order valence-corrected chi connectivity index (χ0v) is 13.8. The lowest BCUT2D eigenvalue weighted by atomic mass is 9.47. The fourth-order valence-corrected chi connectivity index (χ4v) is 6.53. The summed E-state index contributed by atoms with van der Waals surface area (Å²) < 4.78 is 0. The molecule has 0 aromatic heterocycles. The Balaban J connectivity index is 1.72. The molecular weight excluding hydrogens is 254 g/mol. The molecular formula is C20H29N. The molecule has 1 aromatic rings. The van der Waals surface area contributed by atoms with E-state index in [1.54, 1.807) is 0 Å². The van der Waals surface area contributed by atoms with Crippen LogP contribution in [0.5, 0.6) is 0 Å². The van der Waals surface area contributed by atoms with Gasteiger partial charge in [-0.1, -0.05) is 29.3 Å². The summed E-state index contributed by atoms with van der Waals surface area (Å²) in [7, 11) is 2.18. The first-order valence-electron chi connectivity index (χ1n) is 8.83. The SMILES string of the molecule is CNC(c1cc(C)cc(C)c1)C12CC3CC(CC(C3)C1)C2. The molecule has 1 aromatic carbocycles. The Kier molecular flexibility index (Phi) is 3.19. The predicted octanol–water partition coefficient (Wildman–Crippen LogP) is 4.78. The molecule has 0 radical (unpaired) electrons. The van der Waals surface area contributed by atoms with Crippen molar-refractivity contribution in [3.8, 4) is 0 Å². The van der Waals surface area contributed by atoms with Crippen molar-refractivity contribution in [2.75, 3.05) is 7.05 Å². The van der Waals surface area contributed by atoms with Crippen molar-refractivity contribution in [2.45, 2.75) is 58.4 Å². The molecule has 1 heteroatoms. The molecule has 1 N–H and O–H groups in total. The molecule has 4 aliphatic carbocycles. The number of aryl methyl sites for hydroxylation is 2. The molecule has 0 aliphatic heterocycles. The molecule has 0 heterocycles. The van der Waals surface area contributed by atoms with Crippen LogP contribution in [-0.4, -0.2) is 7.05 Å². The highest BCUT2D eigenvalue weighted by molar-refractivity contribution is 5.32. The summed E-state index contributed by atoms with van der Waals surface area (Å²) in [5.41, 5.74) is 4.91. The van der Waals surface area contributed by atoms with Crippen molar-refractivity contribution in [1.29, 1.82) is 0 Å². The second kappa shape index (κ2) is 4.84. The van der Waals surface area contributed by atoms with Gasteiger partial charge in [-0.2, -0.15) is 0 Å². The largest absolute Gasteiger partial charge is 0.313 e.